The Morgan fingerprint density at radius 3 is 2.32 bits per heavy atom. The summed E-state index contributed by atoms with van der Waals surface area (Å²) in [7, 11) is 0. The van der Waals surface area contributed by atoms with Gasteiger partial charge in [0.25, 0.3) is 5.91 Å². The van der Waals surface area contributed by atoms with E-state index in [-0.39, 0.29) is 24.4 Å². The minimum Gasteiger partial charge on any atom is -0.455 e. The normalized spacial score (nSPS) is 20.8. The SMILES string of the molecule is CC(C)(C)C1CCC(C(=O)OCC(=O)NCCc2ccccc2)CC1. The molecule has 25 heavy (non-hydrogen) atoms. The molecule has 1 aromatic carbocycles. The van der Waals surface area contributed by atoms with Gasteiger partial charge in [-0.3, -0.25) is 9.59 Å². The molecule has 0 spiro atoms. The summed E-state index contributed by atoms with van der Waals surface area (Å²) >= 11 is 0. The lowest BCUT2D eigenvalue weighted by atomic mass is 9.70. The molecule has 0 saturated heterocycles. The van der Waals surface area contributed by atoms with Crippen LogP contribution in [0.2, 0.25) is 0 Å². The van der Waals surface area contributed by atoms with E-state index < -0.39 is 0 Å². The lowest BCUT2D eigenvalue weighted by molar-refractivity contribution is -0.154. The first-order valence-corrected chi connectivity index (χ1v) is 9.33. The van der Waals surface area contributed by atoms with Gasteiger partial charge in [0.05, 0.1) is 5.92 Å². The number of benzene rings is 1. The number of nitrogens with one attached hydrogen (secondary N) is 1. The third kappa shape index (κ3) is 6.52. The molecule has 1 aliphatic carbocycles. The van der Waals surface area contributed by atoms with Gasteiger partial charge < -0.3 is 10.1 Å². The second kappa shape index (κ2) is 9.02. The van der Waals surface area contributed by atoms with Crippen molar-refractivity contribution in [1.82, 2.24) is 5.32 Å². The predicted molar refractivity (Wildman–Crippen MR) is 99.0 cm³/mol. The van der Waals surface area contributed by atoms with Gasteiger partial charge in [0.15, 0.2) is 6.61 Å². The third-order valence-corrected chi connectivity index (χ3v) is 5.21. The summed E-state index contributed by atoms with van der Waals surface area (Å²) in [6.45, 7) is 7.16. The zero-order valence-corrected chi connectivity index (χ0v) is 15.7. The van der Waals surface area contributed by atoms with Gasteiger partial charge in [-0.15, -0.1) is 0 Å². The van der Waals surface area contributed by atoms with Crippen molar-refractivity contribution < 1.29 is 14.3 Å². The molecule has 138 valence electrons. The van der Waals surface area contributed by atoms with Crippen molar-refractivity contribution in [3.63, 3.8) is 0 Å². The molecule has 0 radical (unpaired) electrons. The average Bonchev–Trinajstić information content (AvgIpc) is 2.60. The fourth-order valence-electron chi connectivity index (χ4n) is 3.49. The molecule has 1 amide bonds. The number of esters is 1. The number of carbonyl (C=O) groups is 2. The van der Waals surface area contributed by atoms with Crippen LogP contribution in [-0.2, 0) is 20.7 Å². The van der Waals surface area contributed by atoms with E-state index in [1.807, 2.05) is 30.3 Å². The first-order chi connectivity index (χ1) is 11.9. The highest BCUT2D eigenvalue weighted by molar-refractivity contribution is 5.81. The van der Waals surface area contributed by atoms with Crippen molar-refractivity contribution in [3.05, 3.63) is 35.9 Å². The average molecular weight is 345 g/mol. The predicted octanol–water partition coefficient (Wildman–Crippen LogP) is 3.74. The van der Waals surface area contributed by atoms with Crippen molar-refractivity contribution in [1.29, 1.82) is 0 Å². The minimum absolute atomic E-state index is 0.0456. The van der Waals surface area contributed by atoms with E-state index in [4.69, 9.17) is 4.74 Å². The molecule has 0 bridgehead atoms. The van der Waals surface area contributed by atoms with Gasteiger partial charge in [0, 0.05) is 6.54 Å². The Kier molecular flexibility index (Phi) is 7.03. The van der Waals surface area contributed by atoms with Crippen LogP contribution >= 0.6 is 0 Å². The molecule has 0 unspecified atom stereocenters. The molecule has 2 rings (SSSR count). The molecule has 0 aromatic heterocycles. The Morgan fingerprint density at radius 1 is 1.08 bits per heavy atom. The molecule has 0 aliphatic heterocycles. The standard InChI is InChI=1S/C21H31NO3/c1-21(2,3)18-11-9-17(10-12-18)20(24)25-15-19(23)22-14-13-16-7-5-4-6-8-16/h4-8,17-18H,9-15H2,1-3H3,(H,22,23). The van der Waals surface area contributed by atoms with Crippen molar-refractivity contribution >= 4 is 11.9 Å². The van der Waals surface area contributed by atoms with Gasteiger partial charge in [-0.05, 0) is 49.0 Å². The lowest BCUT2D eigenvalue weighted by Gasteiger charge is -2.36. The summed E-state index contributed by atoms with van der Waals surface area (Å²) in [5.41, 5.74) is 1.48. The van der Waals surface area contributed by atoms with E-state index in [9.17, 15) is 9.59 Å². The van der Waals surface area contributed by atoms with Gasteiger partial charge in [-0.1, -0.05) is 51.1 Å². The Hall–Kier alpha value is -1.84. The second-order valence-corrected chi connectivity index (χ2v) is 8.11. The summed E-state index contributed by atoms with van der Waals surface area (Å²) in [4.78, 5) is 24.0. The Bertz CT molecular complexity index is 554. The van der Waals surface area contributed by atoms with Crippen LogP contribution in [0.15, 0.2) is 30.3 Å². The van der Waals surface area contributed by atoms with Crippen LogP contribution in [0.3, 0.4) is 0 Å². The Morgan fingerprint density at radius 2 is 1.72 bits per heavy atom. The largest absolute Gasteiger partial charge is 0.455 e. The zero-order valence-electron chi connectivity index (χ0n) is 15.7. The fourth-order valence-corrected chi connectivity index (χ4v) is 3.49. The number of hydrogen-bond donors (Lipinski definition) is 1. The van der Waals surface area contributed by atoms with Crippen molar-refractivity contribution in [3.8, 4) is 0 Å². The van der Waals surface area contributed by atoms with E-state index in [2.05, 4.69) is 26.1 Å². The summed E-state index contributed by atoms with van der Waals surface area (Å²) in [6.07, 6.45) is 4.64. The van der Waals surface area contributed by atoms with Gasteiger partial charge in [-0.2, -0.15) is 0 Å². The third-order valence-electron chi connectivity index (χ3n) is 5.21. The summed E-state index contributed by atoms with van der Waals surface area (Å²) in [5.74, 6) is 0.173. The Balaban J connectivity index is 1.62. The maximum absolute atomic E-state index is 12.2. The number of amides is 1. The molecular formula is C21H31NO3. The number of rotatable bonds is 6. The van der Waals surface area contributed by atoms with Crippen LogP contribution in [0.25, 0.3) is 0 Å². The van der Waals surface area contributed by atoms with Gasteiger partial charge in [0.1, 0.15) is 0 Å². The Labute approximate surface area is 151 Å². The molecule has 1 N–H and O–H groups in total. The van der Waals surface area contributed by atoms with Crippen LogP contribution in [0.5, 0.6) is 0 Å². The van der Waals surface area contributed by atoms with Gasteiger partial charge in [0.2, 0.25) is 0 Å². The number of ether oxygens (including phenoxy) is 1. The highest BCUT2D eigenvalue weighted by Gasteiger charge is 2.33. The molecule has 0 atom stereocenters. The smallest absolute Gasteiger partial charge is 0.309 e. The van der Waals surface area contributed by atoms with E-state index >= 15 is 0 Å². The molecular weight excluding hydrogens is 314 g/mol. The van der Waals surface area contributed by atoms with Crippen molar-refractivity contribution in [2.24, 2.45) is 17.3 Å². The highest BCUT2D eigenvalue weighted by Crippen LogP contribution is 2.40. The molecule has 1 aliphatic rings. The number of carbonyl (C=O) groups excluding carboxylic acids is 2. The van der Waals surface area contributed by atoms with Crippen LogP contribution in [0.1, 0.15) is 52.0 Å². The molecule has 1 saturated carbocycles. The highest BCUT2D eigenvalue weighted by atomic mass is 16.5. The van der Waals surface area contributed by atoms with E-state index in [1.54, 1.807) is 0 Å². The fraction of sp³-hybridized carbons (Fsp3) is 0.619. The van der Waals surface area contributed by atoms with Crippen LogP contribution in [-0.4, -0.2) is 25.0 Å². The second-order valence-electron chi connectivity index (χ2n) is 8.11. The molecule has 4 nitrogen and oxygen atoms in total. The first kappa shape index (κ1) is 19.5. The van der Waals surface area contributed by atoms with Crippen LogP contribution < -0.4 is 5.32 Å². The van der Waals surface area contributed by atoms with Crippen LogP contribution in [0.4, 0.5) is 0 Å². The first-order valence-electron chi connectivity index (χ1n) is 9.33. The monoisotopic (exact) mass is 345 g/mol. The van der Waals surface area contributed by atoms with Crippen molar-refractivity contribution in [2.75, 3.05) is 13.2 Å². The summed E-state index contributed by atoms with van der Waals surface area (Å²) in [5, 5.41) is 2.80. The number of hydrogen-bond acceptors (Lipinski definition) is 3. The summed E-state index contributed by atoms with van der Waals surface area (Å²) < 4.78 is 5.22. The summed E-state index contributed by atoms with van der Waals surface area (Å²) in [6, 6.07) is 9.98. The molecule has 1 aromatic rings. The van der Waals surface area contributed by atoms with Gasteiger partial charge >= 0.3 is 5.97 Å². The molecule has 1 fully saturated rings. The molecule has 4 heteroatoms. The maximum Gasteiger partial charge on any atom is 0.309 e. The van der Waals surface area contributed by atoms with E-state index in [0.29, 0.717) is 17.9 Å². The van der Waals surface area contributed by atoms with E-state index in [0.717, 1.165) is 32.1 Å². The van der Waals surface area contributed by atoms with Crippen LogP contribution in [0, 0.1) is 17.3 Å². The van der Waals surface area contributed by atoms with Crippen molar-refractivity contribution in [2.45, 2.75) is 52.9 Å². The van der Waals surface area contributed by atoms with E-state index in [1.165, 1.54) is 5.56 Å². The quantitative estimate of drug-likeness (QED) is 0.799. The zero-order chi connectivity index (χ0) is 18.3. The molecule has 0 heterocycles. The maximum atomic E-state index is 12.2. The minimum atomic E-state index is -0.229. The topological polar surface area (TPSA) is 55.4 Å². The lowest BCUT2D eigenvalue weighted by Crippen LogP contribution is -2.33. The van der Waals surface area contributed by atoms with Gasteiger partial charge in [-0.25, -0.2) is 0 Å².